The highest BCUT2D eigenvalue weighted by Gasteiger charge is 2.03. The molecule has 0 fully saturated rings. The van der Waals surface area contributed by atoms with Crippen LogP contribution in [0, 0.1) is 6.92 Å². The lowest BCUT2D eigenvalue weighted by atomic mass is 10.2. The second-order valence-corrected chi connectivity index (χ2v) is 7.22. The molecular formula is C20H24IN5OS. The number of hydrogen-bond acceptors (Lipinski definition) is 5. The number of benzene rings is 1. The zero-order valence-corrected chi connectivity index (χ0v) is 19.0. The van der Waals surface area contributed by atoms with Gasteiger partial charge in [0.05, 0.1) is 12.2 Å². The molecule has 3 aromatic rings. The van der Waals surface area contributed by atoms with Crippen molar-refractivity contribution in [1.82, 2.24) is 20.6 Å². The van der Waals surface area contributed by atoms with E-state index in [4.69, 9.17) is 4.74 Å². The maximum atomic E-state index is 5.83. The fraction of sp³-hybridized carbons (Fsp3) is 0.250. The van der Waals surface area contributed by atoms with E-state index < -0.39 is 0 Å². The molecule has 0 aliphatic carbocycles. The fourth-order valence-corrected chi connectivity index (χ4v) is 3.16. The van der Waals surface area contributed by atoms with Gasteiger partial charge in [-0.05, 0) is 36.8 Å². The van der Waals surface area contributed by atoms with E-state index in [1.165, 1.54) is 4.88 Å². The summed E-state index contributed by atoms with van der Waals surface area (Å²) in [5.74, 6) is 1.56. The molecule has 2 N–H and O–H groups in total. The Morgan fingerprint density at radius 2 is 1.96 bits per heavy atom. The summed E-state index contributed by atoms with van der Waals surface area (Å²) in [7, 11) is 1.76. The van der Waals surface area contributed by atoms with Crippen LogP contribution in [0.1, 0.15) is 21.1 Å². The van der Waals surface area contributed by atoms with Crippen molar-refractivity contribution in [2.45, 2.75) is 26.6 Å². The third-order valence-electron chi connectivity index (χ3n) is 3.77. The van der Waals surface area contributed by atoms with Crippen LogP contribution >= 0.6 is 35.3 Å². The van der Waals surface area contributed by atoms with Crippen molar-refractivity contribution in [2.24, 2.45) is 4.99 Å². The van der Waals surface area contributed by atoms with Gasteiger partial charge in [-0.3, -0.25) is 9.98 Å². The Balaban J connectivity index is 0.00000280. The van der Waals surface area contributed by atoms with E-state index in [0.29, 0.717) is 19.7 Å². The van der Waals surface area contributed by atoms with Crippen molar-refractivity contribution < 1.29 is 4.74 Å². The maximum Gasteiger partial charge on any atom is 0.191 e. The van der Waals surface area contributed by atoms with Crippen molar-refractivity contribution in [3.63, 3.8) is 0 Å². The number of hydrogen-bond donors (Lipinski definition) is 2. The molecule has 0 amide bonds. The molecule has 0 radical (unpaired) electrons. The highest BCUT2D eigenvalue weighted by atomic mass is 127. The Labute approximate surface area is 186 Å². The number of aromatic nitrogens is 2. The lowest BCUT2D eigenvalue weighted by Crippen LogP contribution is -2.36. The molecule has 0 saturated heterocycles. The van der Waals surface area contributed by atoms with Crippen LogP contribution in [0.2, 0.25) is 0 Å². The first-order valence-corrected chi connectivity index (χ1v) is 9.52. The van der Waals surface area contributed by atoms with Crippen LogP contribution < -0.4 is 15.4 Å². The van der Waals surface area contributed by atoms with E-state index in [-0.39, 0.29) is 24.0 Å². The van der Waals surface area contributed by atoms with Gasteiger partial charge >= 0.3 is 0 Å². The first-order valence-electron chi connectivity index (χ1n) is 8.70. The second kappa shape index (κ2) is 11.6. The minimum Gasteiger partial charge on any atom is -0.487 e. The monoisotopic (exact) mass is 509 g/mol. The number of guanidine groups is 1. The van der Waals surface area contributed by atoms with Crippen LogP contribution in [0.3, 0.4) is 0 Å². The summed E-state index contributed by atoms with van der Waals surface area (Å²) in [6.07, 6.45) is 3.65. The van der Waals surface area contributed by atoms with Gasteiger partial charge in [-0.15, -0.1) is 35.3 Å². The number of nitrogens with one attached hydrogen (secondary N) is 2. The van der Waals surface area contributed by atoms with Gasteiger partial charge in [-0.25, -0.2) is 4.98 Å². The van der Waals surface area contributed by atoms with Crippen molar-refractivity contribution >= 4 is 41.3 Å². The summed E-state index contributed by atoms with van der Waals surface area (Å²) >= 11 is 1.68. The van der Waals surface area contributed by atoms with Crippen LogP contribution in [0.15, 0.2) is 59.9 Å². The normalized spacial score (nSPS) is 10.9. The number of ether oxygens (including phenoxy) is 1. The van der Waals surface area contributed by atoms with Gasteiger partial charge in [0.15, 0.2) is 5.96 Å². The number of nitrogens with zero attached hydrogens (tertiary/aromatic N) is 3. The average Bonchev–Trinajstić information content (AvgIpc) is 3.13. The third kappa shape index (κ3) is 7.08. The lowest BCUT2D eigenvalue weighted by Gasteiger charge is -2.12. The van der Waals surface area contributed by atoms with Crippen LogP contribution in [-0.4, -0.2) is 23.0 Å². The predicted octanol–water partition coefficient (Wildman–Crippen LogP) is 3.91. The minimum atomic E-state index is 0. The molecule has 0 aliphatic rings. The highest BCUT2D eigenvalue weighted by molar-refractivity contribution is 14.0. The molecule has 2 aromatic heterocycles. The molecule has 6 nitrogen and oxygen atoms in total. The van der Waals surface area contributed by atoms with Crippen molar-refractivity contribution in [3.8, 4) is 5.75 Å². The molecular weight excluding hydrogens is 485 g/mol. The number of pyridine rings is 1. The quantitative estimate of drug-likeness (QED) is 0.287. The smallest absolute Gasteiger partial charge is 0.191 e. The fourth-order valence-electron chi connectivity index (χ4n) is 2.43. The summed E-state index contributed by atoms with van der Waals surface area (Å²) in [5, 5.41) is 7.63. The van der Waals surface area contributed by atoms with Crippen LogP contribution in [0.4, 0.5) is 0 Å². The minimum absolute atomic E-state index is 0. The molecule has 28 heavy (non-hydrogen) atoms. The largest absolute Gasteiger partial charge is 0.487 e. The standard InChI is InChI=1S/C20H23N5OS.HI/c1-15-11-23-19(27-15)13-25-20(21-2)24-12-16-6-5-8-18(10-16)26-14-17-7-3-4-9-22-17;/h3-11H,12-14H2,1-2H3,(H2,21,24,25);1H. The van der Waals surface area contributed by atoms with E-state index in [9.17, 15) is 0 Å². The summed E-state index contributed by atoms with van der Waals surface area (Å²) < 4.78 is 5.83. The second-order valence-electron chi connectivity index (χ2n) is 5.90. The van der Waals surface area contributed by atoms with Crippen LogP contribution in [0.25, 0.3) is 0 Å². The first kappa shape index (κ1) is 22.1. The average molecular weight is 509 g/mol. The number of halogens is 1. The zero-order chi connectivity index (χ0) is 18.9. The number of aryl methyl sites for hydroxylation is 1. The Kier molecular flexibility index (Phi) is 9.15. The van der Waals surface area contributed by atoms with E-state index >= 15 is 0 Å². The van der Waals surface area contributed by atoms with Crippen LogP contribution in [-0.2, 0) is 19.7 Å². The summed E-state index contributed by atoms with van der Waals surface area (Å²) in [6.45, 7) is 3.81. The molecule has 8 heteroatoms. The molecule has 0 atom stereocenters. The van der Waals surface area contributed by atoms with Gasteiger partial charge < -0.3 is 15.4 Å². The zero-order valence-electron chi connectivity index (χ0n) is 15.9. The van der Waals surface area contributed by atoms with Crippen molar-refractivity contribution in [3.05, 3.63) is 76.0 Å². The Morgan fingerprint density at radius 1 is 1.11 bits per heavy atom. The molecule has 2 heterocycles. The third-order valence-corrected chi connectivity index (χ3v) is 4.68. The first-order chi connectivity index (χ1) is 13.2. The highest BCUT2D eigenvalue weighted by Crippen LogP contribution is 2.15. The SMILES string of the molecule is CN=C(NCc1cccc(OCc2ccccn2)c1)NCc1ncc(C)s1.I. The molecule has 148 valence electrons. The summed E-state index contributed by atoms with van der Waals surface area (Å²) in [5.41, 5.74) is 2.02. The van der Waals surface area contributed by atoms with E-state index in [1.807, 2.05) is 42.6 Å². The maximum absolute atomic E-state index is 5.83. The summed E-state index contributed by atoms with van der Waals surface area (Å²) in [6, 6.07) is 13.8. The number of aliphatic imine (C=N–C) groups is 1. The Bertz CT molecular complexity index is 885. The topological polar surface area (TPSA) is 71.4 Å². The van der Waals surface area contributed by atoms with E-state index in [1.54, 1.807) is 24.6 Å². The van der Waals surface area contributed by atoms with Gasteiger partial charge in [0.2, 0.25) is 0 Å². The van der Waals surface area contributed by atoms with Gasteiger partial charge in [0.1, 0.15) is 17.4 Å². The van der Waals surface area contributed by atoms with Crippen molar-refractivity contribution in [1.29, 1.82) is 0 Å². The van der Waals surface area contributed by atoms with Gasteiger partial charge in [0, 0.05) is 30.9 Å². The molecule has 0 unspecified atom stereocenters. The van der Waals surface area contributed by atoms with Crippen molar-refractivity contribution in [2.75, 3.05) is 7.05 Å². The van der Waals surface area contributed by atoms with Gasteiger partial charge in [0.25, 0.3) is 0 Å². The molecule has 0 bridgehead atoms. The number of rotatable bonds is 7. The predicted molar refractivity (Wildman–Crippen MR) is 124 cm³/mol. The molecule has 3 rings (SSSR count). The summed E-state index contributed by atoms with van der Waals surface area (Å²) in [4.78, 5) is 14.1. The van der Waals surface area contributed by atoms with E-state index in [0.717, 1.165) is 28.0 Å². The Morgan fingerprint density at radius 3 is 2.68 bits per heavy atom. The van der Waals surface area contributed by atoms with Crippen LogP contribution in [0.5, 0.6) is 5.75 Å². The van der Waals surface area contributed by atoms with Gasteiger partial charge in [-0.2, -0.15) is 0 Å². The lowest BCUT2D eigenvalue weighted by molar-refractivity contribution is 0.301. The van der Waals surface area contributed by atoms with E-state index in [2.05, 4.69) is 38.6 Å². The Hall–Kier alpha value is -2.20. The van der Waals surface area contributed by atoms with Gasteiger partial charge in [-0.1, -0.05) is 18.2 Å². The molecule has 0 spiro atoms. The molecule has 0 aliphatic heterocycles. The molecule has 1 aromatic carbocycles. The number of thiazole rings is 1. The molecule has 0 saturated carbocycles.